The molecule has 3 nitrogen and oxygen atoms in total. The van der Waals surface area contributed by atoms with Crippen molar-refractivity contribution in [3.05, 3.63) is 35.3 Å². The third kappa shape index (κ3) is 3.47. The van der Waals surface area contributed by atoms with E-state index >= 15 is 0 Å². The van der Waals surface area contributed by atoms with Crippen LogP contribution in [0.4, 0.5) is 5.69 Å². The van der Waals surface area contributed by atoms with Crippen LogP contribution in [0.1, 0.15) is 25.8 Å². The van der Waals surface area contributed by atoms with Gasteiger partial charge in [0.2, 0.25) is 0 Å². The molecule has 0 aliphatic carbocycles. The van der Waals surface area contributed by atoms with E-state index in [1.54, 1.807) is 0 Å². The van der Waals surface area contributed by atoms with Crippen LogP contribution in [0.15, 0.2) is 24.4 Å². The molecule has 1 aromatic carbocycles. The number of hydrogen-bond acceptors (Lipinski definition) is 1. The fraction of sp³-hybridized carbons (Fsp3) is 0.529. The van der Waals surface area contributed by atoms with E-state index in [0.717, 1.165) is 19.5 Å². The van der Waals surface area contributed by atoms with Gasteiger partial charge in [0.25, 0.3) is 0 Å². The molecule has 4 heteroatoms. The second kappa shape index (κ2) is 6.83. The minimum absolute atomic E-state index is 0. The topological polar surface area (TPSA) is 22.3 Å². The molecule has 0 fully saturated rings. The molecule has 2 aromatic rings. The van der Waals surface area contributed by atoms with Crippen LogP contribution in [0.3, 0.4) is 0 Å². The normalized spacial score (nSPS) is 14.7. The standard InChI is InChI=1S/C17H24N3.Rb/c1-17(2,19(3)4)12-20-11-9-14-13-6-5-10-18-15(13)7-8-16(14)20;/h7-9,11H,5-6,10,12H2,1-4H3;/q-1;+1. The van der Waals surface area contributed by atoms with Crippen molar-refractivity contribution in [3.63, 3.8) is 0 Å². The summed E-state index contributed by atoms with van der Waals surface area (Å²) in [5, 5.41) is 6.03. The van der Waals surface area contributed by atoms with Gasteiger partial charge >= 0.3 is 58.2 Å². The van der Waals surface area contributed by atoms with E-state index in [-0.39, 0.29) is 63.7 Å². The number of nitrogens with zero attached hydrogens (tertiary/aromatic N) is 3. The minimum Gasteiger partial charge on any atom is -0.684 e. The monoisotopic (exact) mass is 355 g/mol. The molecule has 0 amide bonds. The molecular weight excluding hydrogens is 332 g/mol. The number of likely N-dealkylation sites (N-methyl/N-ethyl adjacent to an activating group) is 1. The Morgan fingerprint density at radius 2 is 2.00 bits per heavy atom. The maximum Gasteiger partial charge on any atom is 1.00 e. The zero-order chi connectivity index (χ0) is 14.3. The Labute approximate surface area is 176 Å². The van der Waals surface area contributed by atoms with E-state index in [1.807, 2.05) is 0 Å². The van der Waals surface area contributed by atoms with Gasteiger partial charge < -0.3 is 14.8 Å². The van der Waals surface area contributed by atoms with Gasteiger partial charge in [-0.15, -0.1) is 12.2 Å². The van der Waals surface area contributed by atoms with E-state index in [1.165, 1.54) is 28.6 Å². The fourth-order valence-corrected chi connectivity index (χ4v) is 2.88. The van der Waals surface area contributed by atoms with Crippen molar-refractivity contribution in [1.82, 2.24) is 9.47 Å². The molecule has 108 valence electrons. The summed E-state index contributed by atoms with van der Waals surface area (Å²) in [6.45, 7) is 6.55. The third-order valence-electron chi connectivity index (χ3n) is 4.67. The average Bonchev–Trinajstić information content (AvgIpc) is 2.81. The van der Waals surface area contributed by atoms with E-state index < -0.39 is 0 Å². The van der Waals surface area contributed by atoms with Crippen LogP contribution >= 0.6 is 0 Å². The first-order valence-electron chi connectivity index (χ1n) is 7.45. The number of aryl methyl sites for hydroxylation is 1. The Morgan fingerprint density at radius 3 is 2.71 bits per heavy atom. The SMILES string of the molecule is CN(C)C(C)(C)Cn1ccc2c3c(ccc21)[N-]CCC3.[Rb+]. The summed E-state index contributed by atoms with van der Waals surface area (Å²) in [6.07, 6.45) is 4.57. The Kier molecular flexibility index (Phi) is 5.75. The summed E-state index contributed by atoms with van der Waals surface area (Å²) in [6, 6.07) is 6.69. The maximum atomic E-state index is 4.64. The smallest absolute Gasteiger partial charge is 0.684 e. The Bertz CT molecular complexity index is 628. The van der Waals surface area contributed by atoms with Crippen molar-refractivity contribution in [1.29, 1.82) is 0 Å². The number of aromatic nitrogens is 1. The molecule has 21 heavy (non-hydrogen) atoms. The van der Waals surface area contributed by atoms with Crippen LogP contribution in [0.2, 0.25) is 0 Å². The molecular formula is C17H24N3Rb. The summed E-state index contributed by atoms with van der Waals surface area (Å²) in [7, 11) is 4.29. The van der Waals surface area contributed by atoms with Gasteiger partial charge in [0, 0.05) is 29.2 Å². The van der Waals surface area contributed by atoms with E-state index in [2.05, 4.69) is 67.1 Å². The van der Waals surface area contributed by atoms with Gasteiger partial charge in [-0.1, -0.05) is 18.1 Å². The van der Waals surface area contributed by atoms with Crippen molar-refractivity contribution in [2.24, 2.45) is 0 Å². The number of hydrogen-bond donors (Lipinski definition) is 0. The predicted molar refractivity (Wildman–Crippen MR) is 85.9 cm³/mol. The summed E-state index contributed by atoms with van der Waals surface area (Å²) < 4.78 is 2.38. The van der Waals surface area contributed by atoms with E-state index in [4.69, 9.17) is 0 Å². The predicted octanol–water partition coefficient (Wildman–Crippen LogP) is 0.937. The van der Waals surface area contributed by atoms with Crippen LogP contribution in [0.25, 0.3) is 16.2 Å². The number of benzene rings is 1. The van der Waals surface area contributed by atoms with Crippen molar-refractivity contribution in [2.75, 3.05) is 20.6 Å². The molecule has 3 rings (SSSR count). The van der Waals surface area contributed by atoms with Gasteiger partial charge in [0.05, 0.1) is 0 Å². The zero-order valence-electron chi connectivity index (χ0n) is 14.0. The first kappa shape index (κ1) is 17.7. The first-order valence-corrected chi connectivity index (χ1v) is 7.45. The second-order valence-corrected chi connectivity index (χ2v) is 6.63. The number of fused-ring (bicyclic) bond motifs is 3. The van der Waals surface area contributed by atoms with Gasteiger partial charge in [-0.3, -0.25) is 0 Å². The molecule has 0 radical (unpaired) electrons. The van der Waals surface area contributed by atoms with Crippen LogP contribution < -0.4 is 58.2 Å². The summed E-state index contributed by atoms with van der Waals surface area (Å²) in [4.78, 5) is 2.28. The van der Waals surface area contributed by atoms with Gasteiger partial charge in [0.15, 0.2) is 0 Å². The Balaban J connectivity index is 0.00000161. The van der Waals surface area contributed by atoms with E-state index in [0.29, 0.717) is 0 Å². The summed E-state index contributed by atoms with van der Waals surface area (Å²) >= 11 is 0. The van der Waals surface area contributed by atoms with Gasteiger partial charge in [-0.25, -0.2) is 0 Å². The van der Waals surface area contributed by atoms with Crippen LogP contribution in [0.5, 0.6) is 0 Å². The summed E-state index contributed by atoms with van der Waals surface area (Å²) in [5.41, 5.74) is 4.13. The molecule has 0 N–H and O–H groups in total. The molecule has 0 saturated carbocycles. The maximum absolute atomic E-state index is 4.64. The number of rotatable bonds is 3. The van der Waals surface area contributed by atoms with Crippen LogP contribution in [0, 0.1) is 0 Å². The Morgan fingerprint density at radius 1 is 1.24 bits per heavy atom. The molecule has 1 aromatic heterocycles. The quantitative estimate of drug-likeness (QED) is 0.803. The fourth-order valence-electron chi connectivity index (χ4n) is 2.88. The largest absolute Gasteiger partial charge is 1.00 e. The van der Waals surface area contributed by atoms with E-state index in [9.17, 15) is 0 Å². The first-order chi connectivity index (χ1) is 9.49. The van der Waals surface area contributed by atoms with Crippen molar-refractivity contribution in [2.45, 2.75) is 38.8 Å². The molecule has 0 spiro atoms. The van der Waals surface area contributed by atoms with Crippen molar-refractivity contribution >= 4 is 16.6 Å². The van der Waals surface area contributed by atoms with Gasteiger partial charge in [0.1, 0.15) is 0 Å². The molecule has 0 bridgehead atoms. The molecule has 0 saturated heterocycles. The third-order valence-corrected chi connectivity index (χ3v) is 4.67. The van der Waals surface area contributed by atoms with Gasteiger partial charge in [-0.2, -0.15) is 0 Å². The Hall–Kier alpha value is 0.325. The average molecular weight is 356 g/mol. The van der Waals surface area contributed by atoms with Crippen LogP contribution in [-0.2, 0) is 13.0 Å². The molecule has 0 atom stereocenters. The van der Waals surface area contributed by atoms with Crippen molar-refractivity contribution in [3.8, 4) is 0 Å². The molecule has 1 aliphatic rings. The second-order valence-electron chi connectivity index (χ2n) is 6.63. The summed E-state index contributed by atoms with van der Waals surface area (Å²) in [5.74, 6) is 0. The molecule has 2 heterocycles. The van der Waals surface area contributed by atoms with Gasteiger partial charge in [-0.05, 0) is 46.5 Å². The van der Waals surface area contributed by atoms with Crippen LogP contribution in [-0.4, -0.2) is 35.6 Å². The van der Waals surface area contributed by atoms with Crippen molar-refractivity contribution < 1.29 is 58.2 Å². The zero-order valence-corrected chi connectivity index (χ0v) is 18.9. The molecule has 1 aliphatic heterocycles. The molecule has 0 unspecified atom stereocenters. The minimum atomic E-state index is 0.